The molecule has 0 N–H and O–H groups in total. The van der Waals surface area contributed by atoms with Gasteiger partial charge in [-0.1, -0.05) is 12.1 Å². The number of hydrogen-bond acceptors (Lipinski definition) is 5. The van der Waals surface area contributed by atoms with Crippen molar-refractivity contribution in [2.24, 2.45) is 0 Å². The molecule has 24 heavy (non-hydrogen) atoms. The molecule has 0 spiro atoms. The minimum atomic E-state index is -0.712. The average Bonchev–Trinajstić information content (AvgIpc) is 2.56. The quantitative estimate of drug-likeness (QED) is 0.635. The van der Waals surface area contributed by atoms with E-state index in [4.69, 9.17) is 0 Å². The Kier molecular flexibility index (Phi) is 4.28. The summed E-state index contributed by atoms with van der Waals surface area (Å²) in [6.07, 6.45) is 2.56. The summed E-state index contributed by atoms with van der Waals surface area (Å²) in [4.78, 5) is 26.5. The van der Waals surface area contributed by atoms with E-state index in [9.17, 15) is 19.3 Å². The van der Waals surface area contributed by atoms with Gasteiger partial charge in [0.2, 0.25) is 0 Å². The Morgan fingerprint density at radius 3 is 2.46 bits per heavy atom. The molecular formula is C16H17FN4O3. The molecule has 1 aliphatic rings. The number of benzene rings is 1. The second kappa shape index (κ2) is 6.38. The highest BCUT2D eigenvalue weighted by molar-refractivity contribution is 5.25. The lowest BCUT2D eigenvalue weighted by Gasteiger charge is -2.34. The molecule has 3 rings (SSSR count). The Bertz CT molecular complexity index is 811. The molecule has 0 saturated carbocycles. The summed E-state index contributed by atoms with van der Waals surface area (Å²) < 4.78 is 14.3. The molecule has 0 atom stereocenters. The van der Waals surface area contributed by atoms with Crippen LogP contribution < -0.4 is 10.6 Å². The van der Waals surface area contributed by atoms with E-state index in [1.54, 1.807) is 24.1 Å². The highest BCUT2D eigenvalue weighted by Gasteiger charge is 2.25. The topological polar surface area (TPSA) is 81.3 Å². The number of nitrogens with zero attached hydrogens (tertiary/aromatic N) is 4. The van der Waals surface area contributed by atoms with Gasteiger partial charge in [0.15, 0.2) is 0 Å². The van der Waals surface area contributed by atoms with Gasteiger partial charge >= 0.3 is 11.2 Å². The Hall–Kier alpha value is -2.77. The van der Waals surface area contributed by atoms with E-state index in [0.29, 0.717) is 18.9 Å². The molecule has 1 aromatic heterocycles. The number of piperidine rings is 1. The molecule has 0 aliphatic carbocycles. The first kappa shape index (κ1) is 16.1. The van der Waals surface area contributed by atoms with Crippen molar-refractivity contribution in [3.05, 3.63) is 68.1 Å². The van der Waals surface area contributed by atoms with Crippen LogP contribution in [-0.4, -0.2) is 27.7 Å². The molecular weight excluding hydrogens is 315 g/mol. The zero-order chi connectivity index (χ0) is 17.3. The molecule has 0 bridgehead atoms. The van der Waals surface area contributed by atoms with Gasteiger partial charge in [0.1, 0.15) is 17.8 Å². The number of nitro groups is 1. The van der Waals surface area contributed by atoms with Crippen molar-refractivity contribution in [3.8, 4) is 0 Å². The van der Waals surface area contributed by atoms with Crippen LogP contribution in [0.2, 0.25) is 0 Å². The van der Waals surface area contributed by atoms with Crippen molar-refractivity contribution in [3.63, 3.8) is 0 Å². The lowest BCUT2D eigenvalue weighted by Crippen LogP contribution is -2.48. The maximum absolute atomic E-state index is 13.0. The fourth-order valence-corrected chi connectivity index (χ4v) is 3.11. The summed E-state index contributed by atoms with van der Waals surface area (Å²) >= 11 is 0. The first-order chi connectivity index (χ1) is 11.5. The molecule has 0 radical (unpaired) electrons. The molecule has 1 saturated heterocycles. The maximum Gasteiger partial charge on any atom is 0.353 e. The van der Waals surface area contributed by atoms with Crippen molar-refractivity contribution >= 4 is 5.69 Å². The molecule has 2 aromatic rings. The van der Waals surface area contributed by atoms with Gasteiger partial charge in [-0.2, -0.15) is 0 Å². The summed E-state index contributed by atoms with van der Waals surface area (Å²) in [6, 6.07) is 6.45. The van der Waals surface area contributed by atoms with Crippen LogP contribution in [0.5, 0.6) is 0 Å². The van der Waals surface area contributed by atoms with Crippen LogP contribution in [0.1, 0.15) is 30.1 Å². The monoisotopic (exact) mass is 332 g/mol. The number of aromatic nitrogens is 2. The van der Waals surface area contributed by atoms with E-state index in [-0.39, 0.29) is 11.7 Å². The van der Waals surface area contributed by atoms with E-state index >= 15 is 0 Å². The largest absolute Gasteiger partial charge is 0.353 e. The molecule has 0 unspecified atom stereocenters. The molecule has 1 aromatic carbocycles. The predicted octanol–water partition coefficient (Wildman–Crippen LogP) is 2.11. The van der Waals surface area contributed by atoms with E-state index < -0.39 is 16.2 Å². The van der Waals surface area contributed by atoms with Gasteiger partial charge in [0.25, 0.3) is 0 Å². The molecule has 1 aliphatic heterocycles. The van der Waals surface area contributed by atoms with Gasteiger partial charge in [0.05, 0.1) is 4.92 Å². The molecule has 7 nitrogen and oxygen atoms in total. The smallest absolute Gasteiger partial charge is 0.308 e. The molecule has 126 valence electrons. The molecule has 8 heteroatoms. The van der Waals surface area contributed by atoms with Gasteiger partial charge in [-0.25, -0.2) is 14.1 Å². The Morgan fingerprint density at radius 2 is 1.88 bits per heavy atom. The van der Waals surface area contributed by atoms with Crippen LogP contribution >= 0.6 is 0 Å². The van der Waals surface area contributed by atoms with Crippen molar-refractivity contribution in [2.75, 3.05) is 18.1 Å². The first-order valence-electron chi connectivity index (χ1n) is 7.71. The summed E-state index contributed by atoms with van der Waals surface area (Å²) in [6.45, 7) is 2.80. The number of hydrogen-bond donors (Lipinski definition) is 0. The first-order valence-corrected chi connectivity index (χ1v) is 7.71. The standard InChI is InChI=1S/C16H17FN4O3/c1-11-18-10-15(21(23)24)16(22)20(11)19-8-6-13(7-9-19)12-2-4-14(17)5-3-12/h2-5,10,13H,6-9H2,1H3. The highest BCUT2D eigenvalue weighted by Crippen LogP contribution is 2.27. The molecule has 0 amide bonds. The lowest BCUT2D eigenvalue weighted by atomic mass is 9.90. The molecule has 2 heterocycles. The maximum atomic E-state index is 13.0. The zero-order valence-corrected chi connectivity index (χ0v) is 13.2. The van der Waals surface area contributed by atoms with Crippen LogP contribution in [0.4, 0.5) is 10.1 Å². The van der Waals surface area contributed by atoms with Crippen LogP contribution in [0.15, 0.2) is 35.3 Å². The van der Waals surface area contributed by atoms with Crippen molar-refractivity contribution < 1.29 is 9.31 Å². The normalized spacial score (nSPS) is 15.5. The van der Waals surface area contributed by atoms with Gasteiger partial charge < -0.3 is 5.01 Å². The van der Waals surface area contributed by atoms with Crippen LogP contribution in [0.25, 0.3) is 0 Å². The van der Waals surface area contributed by atoms with Crippen LogP contribution in [-0.2, 0) is 0 Å². The summed E-state index contributed by atoms with van der Waals surface area (Å²) in [5.74, 6) is 0.441. The fourth-order valence-electron chi connectivity index (χ4n) is 3.11. The predicted molar refractivity (Wildman–Crippen MR) is 86.2 cm³/mol. The van der Waals surface area contributed by atoms with E-state index in [0.717, 1.165) is 24.6 Å². The van der Waals surface area contributed by atoms with E-state index in [2.05, 4.69) is 4.98 Å². The third kappa shape index (κ3) is 2.99. The van der Waals surface area contributed by atoms with E-state index in [1.165, 1.54) is 16.8 Å². The summed E-state index contributed by atoms with van der Waals surface area (Å²) in [5, 5.41) is 12.7. The second-order valence-corrected chi connectivity index (χ2v) is 5.84. The summed E-state index contributed by atoms with van der Waals surface area (Å²) in [7, 11) is 0. The highest BCUT2D eigenvalue weighted by atomic mass is 19.1. The zero-order valence-electron chi connectivity index (χ0n) is 13.2. The molecule has 1 fully saturated rings. The number of halogens is 1. The van der Waals surface area contributed by atoms with E-state index in [1.807, 2.05) is 0 Å². The van der Waals surface area contributed by atoms with Crippen molar-refractivity contribution in [1.82, 2.24) is 9.66 Å². The van der Waals surface area contributed by atoms with Gasteiger partial charge in [-0.05, 0) is 43.4 Å². The number of aryl methyl sites for hydroxylation is 1. The third-order valence-corrected chi connectivity index (χ3v) is 4.38. The minimum absolute atomic E-state index is 0.263. The Labute approximate surface area is 137 Å². The van der Waals surface area contributed by atoms with Crippen molar-refractivity contribution in [2.45, 2.75) is 25.7 Å². The number of rotatable bonds is 3. The lowest BCUT2D eigenvalue weighted by molar-refractivity contribution is -0.386. The third-order valence-electron chi connectivity index (χ3n) is 4.38. The van der Waals surface area contributed by atoms with Crippen LogP contribution in [0, 0.1) is 22.9 Å². The van der Waals surface area contributed by atoms with Gasteiger partial charge in [-0.3, -0.25) is 14.9 Å². The SMILES string of the molecule is Cc1ncc([N+](=O)[O-])c(=O)n1N1CCC(c2ccc(F)cc2)CC1. The van der Waals surface area contributed by atoms with Crippen molar-refractivity contribution in [1.29, 1.82) is 0 Å². The minimum Gasteiger partial charge on any atom is -0.308 e. The fraction of sp³-hybridized carbons (Fsp3) is 0.375. The van der Waals surface area contributed by atoms with Gasteiger partial charge in [0, 0.05) is 13.1 Å². The Morgan fingerprint density at radius 1 is 1.25 bits per heavy atom. The van der Waals surface area contributed by atoms with Crippen LogP contribution in [0.3, 0.4) is 0 Å². The summed E-state index contributed by atoms with van der Waals surface area (Å²) in [5.41, 5.74) is -0.119. The average molecular weight is 332 g/mol. The Balaban J connectivity index is 1.80. The second-order valence-electron chi connectivity index (χ2n) is 5.84. The van der Waals surface area contributed by atoms with Gasteiger partial charge in [-0.15, -0.1) is 0 Å².